The fraction of sp³-hybridized carbons (Fsp3) is 0.562. The van der Waals surface area contributed by atoms with Gasteiger partial charge in [-0.3, -0.25) is 0 Å². The topological polar surface area (TPSA) is 45.7 Å². The van der Waals surface area contributed by atoms with Crippen molar-refractivity contribution in [3.63, 3.8) is 0 Å². The number of methoxy groups -OCH3 is 1. The SMILES string of the molecule is CCNC(=NCc1ccccc1)NCCCCCOC.I. The van der Waals surface area contributed by atoms with Crippen molar-refractivity contribution >= 4 is 29.9 Å². The van der Waals surface area contributed by atoms with Gasteiger partial charge in [0.15, 0.2) is 5.96 Å². The number of benzene rings is 1. The van der Waals surface area contributed by atoms with Gasteiger partial charge >= 0.3 is 0 Å². The van der Waals surface area contributed by atoms with Crippen LogP contribution in [-0.4, -0.2) is 32.8 Å². The largest absolute Gasteiger partial charge is 0.385 e. The van der Waals surface area contributed by atoms with Crippen LogP contribution in [0.4, 0.5) is 0 Å². The van der Waals surface area contributed by atoms with Crippen LogP contribution in [-0.2, 0) is 11.3 Å². The lowest BCUT2D eigenvalue weighted by atomic mass is 10.2. The fourth-order valence-corrected chi connectivity index (χ4v) is 1.85. The van der Waals surface area contributed by atoms with Gasteiger partial charge in [-0.15, -0.1) is 24.0 Å². The van der Waals surface area contributed by atoms with E-state index in [0.29, 0.717) is 6.54 Å². The van der Waals surface area contributed by atoms with E-state index in [9.17, 15) is 0 Å². The van der Waals surface area contributed by atoms with Crippen LogP contribution in [0.5, 0.6) is 0 Å². The second-order valence-electron chi connectivity index (χ2n) is 4.66. The molecule has 0 amide bonds. The van der Waals surface area contributed by atoms with E-state index in [4.69, 9.17) is 4.74 Å². The molecular weight excluding hydrogens is 377 g/mol. The number of hydrogen-bond donors (Lipinski definition) is 2. The zero-order valence-electron chi connectivity index (χ0n) is 13.1. The Bertz CT molecular complexity index is 371. The standard InChI is InChI=1S/C16H27N3O.HI/c1-3-17-16(18-12-8-5-9-13-20-2)19-14-15-10-6-4-7-11-15;/h4,6-7,10-11H,3,5,8-9,12-14H2,1-2H3,(H2,17,18,19);1H. The van der Waals surface area contributed by atoms with Gasteiger partial charge in [0.2, 0.25) is 0 Å². The van der Waals surface area contributed by atoms with Crippen molar-refractivity contribution in [1.29, 1.82) is 0 Å². The second kappa shape index (κ2) is 14.1. The first-order valence-corrected chi connectivity index (χ1v) is 7.42. The molecule has 0 spiro atoms. The van der Waals surface area contributed by atoms with Crippen molar-refractivity contribution in [3.05, 3.63) is 35.9 Å². The van der Waals surface area contributed by atoms with Crippen LogP contribution in [0.3, 0.4) is 0 Å². The van der Waals surface area contributed by atoms with Gasteiger partial charge in [0.05, 0.1) is 6.54 Å². The molecule has 0 fully saturated rings. The Morgan fingerprint density at radius 1 is 1.10 bits per heavy atom. The van der Waals surface area contributed by atoms with Crippen molar-refractivity contribution < 1.29 is 4.74 Å². The molecule has 0 aliphatic heterocycles. The highest BCUT2D eigenvalue weighted by molar-refractivity contribution is 14.0. The van der Waals surface area contributed by atoms with Crippen LogP contribution in [0.25, 0.3) is 0 Å². The number of aliphatic imine (C=N–C) groups is 1. The molecule has 1 aromatic carbocycles. The summed E-state index contributed by atoms with van der Waals surface area (Å²) in [4.78, 5) is 4.59. The van der Waals surface area contributed by atoms with E-state index in [1.165, 1.54) is 12.0 Å². The summed E-state index contributed by atoms with van der Waals surface area (Å²) in [5.41, 5.74) is 1.23. The summed E-state index contributed by atoms with van der Waals surface area (Å²) in [6.45, 7) is 5.47. The maximum Gasteiger partial charge on any atom is 0.191 e. The summed E-state index contributed by atoms with van der Waals surface area (Å²) in [7, 11) is 1.75. The van der Waals surface area contributed by atoms with E-state index < -0.39 is 0 Å². The van der Waals surface area contributed by atoms with Crippen LogP contribution < -0.4 is 10.6 Å². The number of guanidine groups is 1. The molecule has 0 heterocycles. The molecule has 1 rings (SSSR count). The van der Waals surface area contributed by atoms with Crippen molar-refractivity contribution in [1.82, 2.24) is 10.6 Å². The Morgan fingerprint density at radius 2 is 1.86 bits per heavy atom. The molecule has 0 atom stereocenters. The molecule has 120 valence electrons. The summed E-state index contributed by atoms with van der Waals surface area (Å²) in [5.74, 6) is 0.892. The third-order valence-corrected chi connectivity index (χ3v) is 2.92. The fourth-order valence-electron chi connectivity index (χ4n) is 1.85. The third kappa shape index (κ3) is 10.5. The van der Waals surface area contributed by atoms with Gasteiger partial charge in [0.25, 0.3) is 0 Å². The monoisotopic (exact) mass is 405 g/mol. The lowest BCUT2D eigenvalue weighted by Crippen LogP contribution is -2.37. The van der Waals surface area contributed by atoms with E-state index >= 15 is 0 Å². The number of nitrogens with one attached hydrogen (secondary N) is 2. The lowest BCUT2D eigenvalue weighted by molar-refractivity contribution is 0.192. The lowest BCUT2D eigenvalue weighted by Gasteiger charge is -2.11. The molecule has 0 aliphatic rings. The normalized spacial score (nSPS) is 10.9. The highest BCUT2D eigenvalue weighted by atomic mass is 127. The molecule has 4 nitrogen and oxygen atoms in total. The number of halogens is 1. The van der Waals surface area contributed by atoms with Crippen LogP contribution in [0, 0.1) is 0 Å². The van der Waals surface area contributed by atoms with Crippen molar-refractivity contribution in [2.45, 2.75) is 32.7 Å². The molecule has 0 aromatic heterocycles. The number of unbranched alkanes of at least 4 members (excludes halogenated alkanes) is 2. The first-order valence-electron chi connectivity index (χ1n) is 7.42. The average molecular weight is 405 g/mol. The molecule has 1 aromatic rings. The Hall–Kier alpha value is -0.820. The van der Waals surface area contributed by atoms with Gasteiger partial charge in [0.1, 0.15) is 0 Å². The number of nitrogens with zero attached hydrogens (tertiary/aromatic N) is 1. The molecule has 21 heavy (non-hydrogen) atoms. The zero-order chi connectivity index (χ0) is 14.5. The molecule has 0 radical (unpaired) electrons. The molecule has 0 saturated heterocycles. The zero-order valence-corrected chi connectivity index (χ0v) is 15.4. The van der Waals surface area contributed by atoms with Gasteiger partial charge in [-0.1, -0.05) is 30.3 Å². The quantitative estimate of drug-likeness (QED) is 0.287. The molecule has 5 heteroatoms. The van der Waals surface area contributed by atoms with Crippen molar-refractivity contribution in [2.75, 3.05) is 26.8 Å². The maximum atomic E-state index is 5.04. The predicted octanol–water partition coefficient (Wildman–Crippen LogP) is 3.18. The first-order chi connectivity index (χ1) is 9.86. The van der Waals surface area contributed by atoms with Crippen LogP contribution in [0.2, 0.25) is 0 Å². The highest BCUT2D eigenvalue weighted by Crippen LogP contribution is 2.00. The second-order valence-corrected chi connectivity index (χ2v) is 4.66. The summed E-state index contributed by atoms with van der Waals surface area (Å²) < 4.78 is 5.04. The van der Waals surface area contributed by atoms with Gasteiger partial charge in [-0.25, -0.2) is 4.99 Å². The smallest absolute Gasteiger partial charge is 0.191 e. The van der Waals surface area contributed by atoms with E-state index in [-0.39, 0.29) is 24.0 Å². The molecular formula is C16H28IN3O. The van der Waals surface area contributed by atoms with E-state index in [1.807, 2.05) is 18.2 Å². The van der Waals surface area contributed by atoms with Gasteiger partial charge in [0, 0.05) is 26.8 Å². The molecule has 0 aliphatic carbocycles. The molecule has 2 N–H and O–H groups in total. The van der Waals surface area contributed by atoms with Crippen LogP contribution in [0.1, 0.15) is 31.7 Å². The van der Waals surface area contributed by atoms with Crippen LogP contribution >= 0.6 is 24.0 Å². The Morgan fingerprint density at radius 3 is 2.52 bits per heavy atom. The van der Waals surface area contributed by atoms with Crippen molar-refractivity contribution in [3.8, 4) is 0 Å². The Balaban J connectivity index is 0.00000400. The third-order valence-electron chi connectivity index (χ3n) is 2.92. The van der Waals surface area contributed by atoms with Gasteiger partial charge in [-0.05, 0) is 31.7 Å². The minimum absolute atomic E-state index is 0. The minimum Gasteiger partial charge on any atom is -0.385 e. The van der Waals surface area contributed by atoms with Crippen LogP contribution in [0.15, 0.2) is 35.3 Å². The van der Waals surface area contributed by atoms with Gasteiger partial charge in [-0.2, -0.15) is 0 Å². The number of hydrogen-bond acceptors (Lipinski definition) is 2. The summed E-state index contributed by atoms with van der Waals surface area (Å²) in [6, 6.07) is 10.3. The first kappa shape index (κ1) is 20.2. The molecule has 0 unspecified atom stereocenters. The number of rotatable bonds is 9. The minimum atomic E-state index is 0. The van der Waals surface area contributed by atoms with E-state index in [1.54, 1.807) is 7.11 Å². The van der Waals surface area contributed by atoms with Crippen molar-refractivity contribution in [2.24, 2.45) is 4.99 Å². The Labute approximate surface area is 145 Å². The summed E-state index contributed by atoms with van der Waals surface area (Å²) in [5, 5.41) is 6.64. The summed E-state index contributed by atoms with van der Waals surface area (Å²) in [6.07, 6.45) is 3.44. The Kier molecular flexibility index (Phi) is 13.6. The van der Waals surface area contributed by atoms with E-state index in [0.717, 1.165) is 38.5 Å². The highest BCUT2D eigenvalue weighted by Gasteiger charge is 1.97. The molecule has 0 bridgehead atoms. The summed E-state index contributed by atoms with van der Waals surface area (Å²) >= 11 is 0. The van der Waals surface area contributed by atoms with Gasteiger partial charge < -0.3 is 15.4 Å². The predicted molar refractivity (Wildman–Crippen MR) is 100 cm³/mol. The van der Waals surface area contributed by atoms with E-state index in [2.05, 4.69) is 34.7 Å². The maximum absolute atomic E-state index is 5.04. The molecule has 0 saturated carbocycles. The number of ether oxygens (including phenoxy) is 1. The average Bonchev–Trinajstić information content (AvgIpc) is 2.49.